The number of hydrogen-bond donors (Lipinski definition) is 2. The number of thioether (sulfide) groups is 1. The summed E-state index contributed by atoms with van der Waals surface area (Å²) in [6, 6.07) is 2.95. The van der Waals surface area contributed by atoms with Gasteiger partial charge >= 0.3 is 0 Å². The van der Waals surface area contributed by atoms with Crippen LogP contribution in [0.5, 0.6) is 0 Å². The van der Waals surface area contributed by atoms with Crippen LogP contribution in [0.15, 0.2) is 40.1 Å². The molecule has 2 fully saturated rings. The summed E-state index contributed by atoms with van der Waals surface area (Å²) in [5, 5.41) is 26.4. The van der Waals surface area contributed by atoms with E-state index in [1.807, 2.05) is 6.92 Å². The standard InChI is InChI=1S/C21H23BrClN7O5S/c1-3-24-20(32)15-12(6-10(22)7-25-15)36-21-19(33-2)16(18-17(35-21)11(31)9-34-18)30-8-14(26-28-30)29-5-4-13(23)27-29/h4-8,11,16-19,21,31H,3,9H2,1-2H3,(H,24,32)/t11?,16?,17?,18-,19?,21-/m1/s1. The van der Waals surface area contributed by atoms with Crippen molar-refractivity contribution in [2.24, 2.45) is 0 Å². The molecule has 192 valence electrons. The summed E-state index contributed by atoms with van der Waals surface area (Å²) in [4.78, 5) is 17.6. The average molecular weight is 601 g/mol. The van der Waals surface area contributed by atoms with Crippen LogP contribution < -0.4 is 5.32 Å². The first kappa shape index (κ1) is 25.6. The van der Waals surface area contributed by atoms with Crippen LogP contribution in [0.4, 0.5) is 0 Å². The van der Waals surface area contributed by atoms with Crippen LogP contribution in [-0.4, -0.2) is 90.9 Å². The number of amides is 1. The van der Waals surface area contributed by atoms with E-state index < -0.39 is 35.9 Å². The second-order valence-corrected chi connectivity index (χ2v) is 10.6. The number of carbonyl (C=O) groups excluding carboxylic acids is 1. The molecule has 6 atom stereocenters. The molecule has 0 bridgehead atoms. The van der Waals surface area contributed by atoms with E-state index in [1.165, 1.54) is 16.4 Å². The van der Waals surface area contributed by atoms with Gasteiger partial charge in [-0.1, -0.05) is 28.6 Å². The molecular formula is C21H23BrClN7O5S. The Kier molecular flexibility index (Phi) is 7.62. The molecule has 1 amide bonds. The van der Waals surface area contributed by atoms with E-state index in [0.717, 1.165) is 0 Å². The van der Waals surface area contributed by atoms with Crippen LogP contribution in [-0.2, 0) is 14.2 Å². The number of halogens is 2. The van der Waals surface area contributed by atoms with E-state index in [1.54, 1.807) is 42.5 Å². The Bertz CT molecular complexity index is 1240. The van der Waals surface area contributed by atoms with Crippen LogP contribution >= 0.6 is 39.3 Å². The van der Waals surface area contributed by atoms with Gasteiger partial charge in [0.05, 0.1) is 12.8 Å². The number of nitrogens with zero attached hydrogens (tertiary/aromatic N) is 6. The fourth-order valence-electron chi connectivity index (χ4n) is 4.30. The molecule has 0 spiro atoms. The van der Waals surface area contributed by atoms with E-state index >= 15 is 0 Å². The van der Waals surface area contributed by atoms with Gasteiger partial charge in [0.25, 0.3) is 5.91 Å². The summed E-state index contributed by atoms with van der Waals surface area (Å²) in [6.07, 6.45) is 2.34. The van der Waals surface area contributed by atoms with Crippen LogP contribution in [0.3, 0.4) is 0 Å². The molecule has 36 heavy (non-hydrogen) atoms. The highest BCUT2D eigenvalue weighted by atomic mass is 79.9. The number of ether oxygens (including phenoxy) is 3. The predicted octanol–water partition coefficient (Wildman–Crippen LogP) is 1.86. The number of nitrogens with one attached hydrogen (secondary N) is 1. The Morgan fingerprint density at radius 1 is 1.44 bits per heavy atom. The average Bonchev–Trinajstić information content (AvgIpc) is 3.59. The van der Waals surface area contributed by atoms with Gasteiger partial charge in [0.2, 0.25) is 0 Å². The number of rotatable bonds is 7. The number of aliphatic hydroxyl groups is 1. The largest absolute Gasteiger partial charge is 0.388 e. The van der Waals surface area contributed by atoms with Gasteiger partial charge in [0, 0.05) is 35.4 Å². The maximum Gasteiger partial charge on any atom is 0.271 e. The van der Waals surface area contributed by atoms with Gasteiger partial charge in [-0.2, -0.15) is 5.10 Å². The third kappa shape index (κ3) is 4.90. The van der Waals surface area contributed by atoms with Crippen molar-refractivity contribution >= 4 is 45.2 Å². The van der Waals surface area contributed by atoms with Crippen molar-refractivity contribution in [1.82, 2.24) is 35.1 Å². The Labute approximate surface area is 223 Å². The zero-order chi connectivity index (χ0) is 25.4. The third-order valence-corrected chi connectivity index (χ3v) is 7.69. The van der Waals surface area contributed by atoms with E-state index in [9.17, 15) is 9.90 Å². The zero-order valence-corrected chi connectivity index (χ0v) is 22.4. The topological polar surface area (TPSA) is 138 Å². The highest BCUT2D eigenvalue weighted by Crippen LogP contribution is 2.44. The summed E-state index contributed by atoms with van der Waals surface area (Å²) in [5.74, 6) is 0.159. The molecule has 4 unspecified atom stereocenters. The third-order valence-electron chi connectivity index (χ3n) is 5.88. The fourth-order valence-corrected chi connectivity index (χ4v) is 6.22. The summed E-state index contributed by atoms with van der Waals surface area (Å²) in [6.45, 7) is 2.41. The van der Waals surface area contributed by atoms with Gasteiger partial charge in [-0.3, -0.25) is 4.79 Å². The van der Waals surface area contributed by atoms with E-state index in [-0.39, 0.29) is 18.2 Å². The quantitative estimate of drug-likeness (QED) is 0.413. The Hall–Kier alpha value is -2.07. The number of pyridine rings is 1. The van der Waals surface area contributed by atoms with Crippen LogP contribution in [0.25, 0.3) is 5.82 Å². The predicted molar refractivity (Wildman–Crippen MR) is 132 cm³/mol. The molecule has 3 aromatic heterocycles. The molecule has 0 saturated carbocycles. The van der Waals surface area contributed by atoms with Gasteiger partial charge in [-0.25, -0.2) is 14.3 Å². The summed E-state index contributed by atoms with van der Waals surface area (Å²) < 4.78 is 22.0. The monoisotopic (exact) mass is 599 g/mol. The maximum atomic E-state index is 12.7. The Balaban J connectivity index is 1.49. The molecule has 0 radical (unpaired) electrons. The summed E-state index contributed by atoms with van der Waals surface area (Å²) in [5.41, 5.74) is -0.363. The molecule has 3 aromatic rings. The zero-order valence-electron chi connectivity index (χ0n) is 19.2. The number of fused-ring (bicyclic) bond motifs is 1. The second kappa shape index (κ2) is 10.7. The van der Waals surface area contributed by atoms with Crippen LogP contribution in [0, 0.1) is 0 Å². The van der Waals surface area contributed by atoms with Crippen LogP contribution in [0.1, 0.15) is 23.5 Å². The molecule has 2 saturated heterocycles. The minimum absolute atomic E-state index is 0.110. The Morgan fingerprint density at radius 3 is 3.00 bits per heavy atom. The first-order valence-corrected chi connectivity index (χ1v) is 13.2. The molecule has 5 rings (SSSR count). The molecule has 15 heteroatoms. The summed E-state index contributed by atoms with van der Waals surface area (Å²) in [7, 11) is 1.56. The van der Waals surface area contributed by atoms with Crippen molar-refractivity contribution in [1.29, 1.82) is 0 Å². The van der Waals surface area contributed by atoms with Crippen molar-refractivity contribution < 1.29 is 24.1 Å². The minimum atomic E-state index is -0.838. The van der Waals surface area contributed by atoms with Crippen molar-refractivity contribution in [2.45, 2.75) is 47.7 Å². The smallest absolute Gasteiger partial charge is 0.271 e. The van der Waals surface area contributed by atoms with Gasteiger partial charge in [0.1, 0.15) is 41.6 Å². The maximum absolute atomic E-state index is 12.7. The van der Waals surface area contributed by atoms with Gasteiger partial charge < -0.3 is 24.6 Å². The number of carbonyl (C=O) groups is 1. The molecule has 0 aliphatic carbocycles. The van der Waals surface area contributed by atoms with Crippen molar-refractivity contribution in [3.63, 3.8) is 0 Å². The number of methoxy groups -OCH3 is 1. The Morgan fingerprint density at radius 2 is 2.28 bits per heavy atom. The normalized spacial score (nSPS) is 27.7. The lowest BCUT2D eigenvalue weighted by molar-refractivity contribution is -0.170. The molecular weight excluding hydrogens is 578 g/mol. The molecule has 2 N–H and O–H groups in total. The lowest BCUT2D eigenvalue weighted by atomic mass is 9.96. The molecule has 2 aliphatic heterocycles. The van der Waals surface area contributed by atoms with Gasteiger partial charge in [-0.15, -0.1) is 5.10 Å². The molecule has 2 aliphatic rings. The number of aromatic nitrogens is 6. The van der Waals surface area contributed by atoms with Crippen molar-refractivity contribution in [2.75, 3.05) is 20.3 Å². The highest BCUT2D eigenvalue weighted by molar-refractivity contribution is 9.10. The van der Waals surface area contributed by atoms with E-state index in [2.05, 4.69) is 41.6 Å². The molecule has 12 nitrogen and oxygen atoms in total. The fraction of sp³-hybridized carbons (Fsp3) is 0.476. The molecule has 0 aromatic carbocycles. The van der Waals surface area contributed by atoms with E-state index in [4.69, 9.17) is 25.8 Å². The lowest BCUT2D eigenvalue weighted by Gasteiger charge is -2.43. The van der Waals surface area contributed by atoms with Gasteiger partial charge in [0.15, 0.2) is 11.0 Å². The van der Waals surface area contributed by atoms with Gasteiger partial charge in [-0.05, 0) is 35.0 Å². The first-order chi connectivity index (χ1) is 17.4. The second-order valence-electron chi connectivity index (χ2n) is 8.14. The van der Waals surface area contributed by atoms with Crippen LogP contribution in [0.2, 0.25) is 5.15 Å². The summed E-state index contributed by atoms with van der Waals surface area (Å²) >= 11 is 10.7. The highest BCUT2D eigenvalue weighted by Gasteiger charge is 2.54. The van der Waals surface area contributed by atoms with Crippen molar-refractivity contribution in [3.05, 3.63) is 46.0 Å². The van der Waals surface area contributed by atoms with Crippen molar-refractivity contribution in [3.8, 4) is 5.82 Å². The lowest BCUT2D eigenvalue weighted by Crippen LogP contribution is -2.55. The molecule has 5 heterocycles. The SMILES string of the molecule is CCNC(=O)c1ncc(Br)cc1S[C@H]1OC2C(O)CO[C@@H]2C(n2cc(-n3ccc(Cl)n3)nn2)C1OC. The number of aliphatic hydroxyl groups excluding tert-OH is 1. The van der Waals surface area contributed by atoms with E-state index in [0.29, 0.717) is 26.9 Å². The minimum Gasteiger partial charge on any atom is -0.388 e. The number of hydrogen-bond acceptors (Lipinski definition) is 10. The first-order valence-electron chi connectivity index (χ1n) is 11.1.